The van der Waals surface area contributed by atoms with Crippen LogP contribution >= 0.6 is 27.3 Å². The first-order chi connectivity index (χ1) is 7.52. The SMILES string of the molecule is CC(C)OC(=O)C(C#N)=Cc1cc(Br)cs1. The zero-order chi connectivity index (χ0) is 12.1. The summed E-state index contributed by atoms with van der Waals surface area (Å²) in [4.78, 5) is 12.3. The Labute approximate surface area is 106 Å². The molecule has 0 atom stereocenters. The summed E-state index contributed by atoms with van der Waals surface area (Å²) in [7, 11) is 0. The fraction of sp³-hybridized carbons (Fsp3) is 0.273. The summed E-state index contributed by atoms with van der Waals surface area (Å²) in [5, 5.41) is 10.7. The molecule has 1 rings (SSSR count). The third-order valence-corrected chi connectivity index (χ3v) is 3.20. The zero-order valence-corrected chi connectivity index (χ0v) is 11.3. The largest absolute Gasteiger partial charge is 0.459 e. The molecule has 3 nitrogen and oxygen atoms in total. The van der Waals surface area contributed by atoms with E-state index in [1.165, 1.54) is 17.4 Å². The predicted octanol–water partition coefficient (Wildman–Crippen LogP) is 3.37. The van der Waals surface area contributed by atoms with E-state index in [-0.39, 0.29) is 11.7 Å². The smallest absolute Gasteiger partial charge is 0.349 e. The number of halogens is 1. The van der Waals surface area contributed by atoms with Crippen LogP contribution in [0.5, 0.6) is 0 Å². The summed E-state index contributed by atoms with van der Waals surface area (Å²) in [5.41, 5.74) is 0.0167. The van der Waals surface area contributed by atoms with E-state index in [0.29, 0.717) is 0 Å². The molecule has 0 aromatic carbocycles. The molecular weight excluding hydrogens is 290 g/mol. The molecule has 84 valence electrons. The van der Waals surface area contributed by atoms with Gasteiger partial charge in [0.25, 0.3) is 0 Å². The van der Waals surface area contributed by atoms with Crippen molar-refractivity contribution in [3.63, 3.8) is 0 Å². The molecule has 0 N–H and O–H groups in total. The summed E-state index contributed by atoms with van der Waals surface area (Å²) < 4.78 is 5.87. The molecule has 0 aliphatic rings. The number of ether oxygens (including phenoxy) is 1. The second-order valence-corrected chi connectivity index (χ2v) is 5.15. The molecule has 0 saturated heterocycles. The number of rotatable bonds is 3. The van der Waals surface area contributed by atoms with Crippen LogP contribution < -0.4 is 0 Å². The minimum absolute atomic E-state index is 0.0167. The van der Waals surface area contributed by atoms with Gasteiger partial charge in [-0.2, -0.15) is 5.26 Å². The molecule has 0 saturated carbocycles. The summed E-state index contributed by atoms with van der Waals surface area (Å²) in [6, 6.07) is 3.68. The van der Waals surface area contributed by atoms with Gasteiger partial charge in [-0.1, -0.05) is 0 Å². The Hall–Kier alpha value is -1.12. The van der Waals surface area contributed by atoms with Gasteiger partial charge in [0.15, 0.2) is 0 Å². The van der Waals surface area contributed by atoms with E-state index in [1.54, 1.807) is 13.8 Å². The van der Waals surface area contributed by atoms with Gasteiger partial charge >= 0.3 is 5.97 Å². The molecule has 1 aromatic heterocycles. The van der Waals surface area contributed by atoms with Crippen LogP contribution in [-0.4, -0.2) is 12.1 Å². The molecule has 1 aromatic rings. The van der Waals surface area contributed by atoms with Gasteiger partial charge in [0.2, 0.25) is 0 Å². The maximum Gasteiger partial charge on any atom is 0.349 e. The first kappa shape index (κ1) is 12.9. The van der Waals surface area contributed by atoms with Crippen LogP contribution in [0.4, 0.5) is 0 Å². The fourth-order valence-corrected chi connectivity index (χ4v) is 2.34. The second kappa shape index (κ2) is 5.83. The van der Waals surface area contributed by atoms with Crippen LogP contribution in [0.1, 0.15) is 18.7 Å². The lowest BCUT2D eigenvalue weighted by atomic mass is 10.2. The molecule has 0 radical (unpaired) electrons. The van der Waals surface area contributed by atoms with Crippen molar-refractivity contribution < 1.29 is 9.53 Å². The Morgan fingerprint density at radius 2 is 2.38 bits per heavy atom. The van der Waals surface area contributed by atoms with Crippen LogP contribution in [0.2, 0.25) is 0 Å². The molecular formula is C11H10BrNO2S. The minimum atomic E-state index is -0.581. The number of nitriles is 1. The highest BCUT2D eigenvalue weighted by Crippen LogP contribution is 2.22. The number of carbonyl (C=O) groups excluding carboxylic acids is 1. The normalized spacial score (nSPS) is 11.3. The number of esters is 1. The molecule has 0 aliphatic carbocycles. The molecule has 0 aliphatic heterocycles. The summed E-state index contributed by atoms with van der Waals surface area (Å²) in [5.74, 6) is -0.581. The highest BCUT2D eigenvalue weighted by Gasteiger charge is 2.12. The van der Waals surface area contributed by atoms with Crippen LogP contribution in [0.15, 0.2) is 21.5 Å². The van der Waals surface area contributed by atoms with E-state index in [4.69, 9.17) is 10.00 Å². The number of carbonyl (C=O) groups is 1. The van der Waals surface area contributed by atoms with Crippen molar-refractivity contribution in [2.75, 3.05) is 0 Å². The monoisotopic (exact) mass is 299 g/mol. The summed E-state index contributed by atoms with van der Waals surface area (Å²) >= 11 is 4.75. The number of nitrogens with zero attached hydrogens (tertiary/aromatic N) is 1. The van der Waals surface area contributed by atoms with Crippen molar-refractivity contribution in [2.45, 2.75) is 20.0 Å². The van der Waals surface area contributed by atoms with E-state index < -0.39 is 5.97 Å². The second-order valence-electron chi connectivity index (χ2n) is 3.29. The maximum atomic E-state index is 11.5. The first-order valence-electron chi connectivity index (χ1n) is 4.59. The maximum absolute atomic E-state index is 11.5. The molecule has 0 fully saturated rings. The van der Waals surface area contributed by atoms with Crippen molar-refractivity contribution in [3.8, 4) is 6.07 Å². The zero-order valence-electron chi connectivity index (χ0n) is 8.86. The number of thiophene rings is 1. The molecule has 0 unspecified atom stereocenters. The molecule has 0 amide bonds. The molecule has 0 bridgehead atoms. The summed E-state index contributed by atoms with van der Waals surface area (Å²) in [6.45, 7) is 3.49. The van der Waals surface area contributed by atoms with E-state index >= 15 is 0 Å². The lowest BCUT2D eigenvalue weighted by Crippen LogP contribution is -2.12. The lowest BCUT2D eigenvalue weighted by Gasteiger charge is -2.05. The van der Waals surface area contributed by atoms with Crippen molar-refractivity contribution >= 4 is 39.3 Å². The lowest BCUT2D eigenvalue weighted by molar-refractivity contribution is -0.142. The molecule has 5 heteroatoms. The van der Waals surface area contributed by atoms with Crippen molar-refractivity contribution in [3.05, 3.63) is 26.4 Å². The van der Waals surface area contributed by atoms with E-state index in [9.17, 15) is 4.79 Å². The van der Waals surface area contributed by atoms with Gasteiger partial charge in [-0.15, -0.1) is 11.3 Å². The van der Waals surface area contributed by atoms with Crippen LogP contribution in [0, 0.1) is 11.3 Å². The third kappa shape index (κ3) is 3.80. The Morgan fingerprint density at radius 1 is 1.69 bits per heavy atom. The quantitative estimate of drug-likeness (QED) is 0.488. The highest BCUT2D eigenvalue weighted by molar-refractivity contribution is 9.10. The third-order valence-electron chi connectivity index (χ3n) is 1.56. The van der Waals surface area contributed by atoms with Crippen molar-refractivity contribution in [2.24, 2.45) is 0 Å². The molecule has 1 heterocycles. The van der Waals surface area contributed by atoms with Gasteiger partial charge in [0.05, 0.1) is 6.10 Å². The Bertz CT molecular complexity index is 457. The standard InChI is InChI=1S/C11H10BrNO2S/c1-7(2)15-11(14)8(5-13)3-10-4-9(12)6-16-10/h3-4,6-7H,1-2H3. The van der Waals surface area contributed by atoms with Crippen molar-refractivity contribution in [1.82, 2.24) is 0 Å². The van der Waals surface area contributed by atoms with E-state index in [2.05, 4.69) is 15.9 Å². The topological polar surface area (TPSA) is 50.1 Å². The Kier molecular flexibility index (Phi) is 4.71. The van der Waals surface area contributed by atoms with Gasteiger partial charge in [0, 0.05) is 14.7 Å². The first-order valence-corrected chi connectivity index (χ1v) is 6.27. The van der Waals surface area contributed by atoms with Crippen LogP contribution in [-0.2, 0) is 9.53 Å². The van der Waals surface area contributed by atoms with Gasteiger partial charge in [-0.05, 0) is 41.9 Å². The summed E-state index contributed by atoms with van der Waals surface area (Å²) in [6.07, 6.45) is 1.31. The van der Waals surface area contributed by atoms with Crippen molar-refractivity contribution in [1.29, 1.82) is 5.26 Å². The van der Waals surface area contributed by atoms with Gasteiger partial charge in [-0.3, -0.25) is 0 Å². The minimum Gasteiger partial charge on any atom is -0.459 e. The molecule has 0 spiro atoms. The van der Waals surface area contributed by atoms with Gasteiger partial charge in [0.1, 0.15) is 11.6 Å². The number of hydrogen-bond donors (Lipinski definition) is 0. The average Bonchev–Trinajstić information content (AvgIpc) is 2.59. The Morgan fingerprint density at radius 3 is 2.81 bits per heavy atom. The van der Waals surface area contributed by atoms with E-state index in [1.807, 2.05) is 17.5 Å². The van der Waals surface area contributed by atoms with Gasteiger partial charge in [-0.25, -0.2) is 4.79 Å². The van der Waals surface area contributed by atoms with Gasteiger partial charge < -0.3 is 4.74 Å². The number of hydrogen-bond acceptors (Lipinski definition) is 4. The van der Waals surface area contributed by atoms with Crippen LogP contribution in [0.25, 0.3) is 6.08 Å². The highest BCUT2D eigenvalue weighted by atomic mass is 79.9. The average molecular weight is 300 g/mol. The van der Waals surface area contributed by atoms with Crippen LogP contribution in [0.3, 0.4) is 0 Å². The fourth-order valence-electron chi connectivity index (χ4n) is 0.961. The molecule has 16 heavy (non-hydrogen) atoms. The van der Waals surface area contributed by atoms with E-state index in [0.717, 1.165) is 9.35 Å². The predicted molar refractivity (Wildman–Crippen MR) is 66.8 cm³/mol. The Balaban J connectivity index is 2.87.